The average molecular weight is 338 g/mol. The molecule has 0 N–H and O–H groups in total. The molecule has 0 saturated carbocycles. The summed E-state index contributed by atoms with van der Waals surface area (Å²) in [6.07, 6.45) is 0. The number of benzene rings is 2. The van der Waals surface area contributed by atoms with Gasteiger partial charge in [-0.1, -0.05) is 18.2 Å². The Kier molecular flexibility index (Phi) is 5.27. The van der Waals surface area contributed by atoms with Crippen molar-refractivity contribution in [1.29, 1.82) is 0 Å². The molecular formula is C21H26N2O2. The van der Waals surface area contributed by atoms with Crippen LogP contribution in [-0.2, 0) is 0 Å². The first kappa shape index (κ1) is 17.3. The Hall–Kier alpha value is -2.49. The molecule has 1 amide bonds. The smallest absolute Gasteiger partial charge is 0.254 e. The fourth-order valence-corrected chi connectivity index (χ4v) is 3.30. The average Bonchev–Trinajstić information content (AvgIpc) is 2.64. The molecule has 0 unspecified atom stereocenters. The first-order chi connectivity index (χ1) is 12.1. The summed E-state index contributed by atoms with van der Waals surface area (Å²) in [4.78, 5) is 17.1. The van der Waals surface area contributed by atoms with E-state index in [-0.39, 0.29) is 5.91 Å². The predicted molar refractivity (Wildman–Crippen MR) is 102 cm³/mol. The Morgan fingerprint density at radius 3 is 2.48 bits per heavy atom. The molecule has 0 atom stereocenters. The minimum atomic E-state index is 0.0853. The number of amides is 1. The maximum atomic E-state index is 12.8. The van der Waals surface area contributed by atoms with Crippen LogP contribution in [0.3, 0.4) is 0 Å². The first-order valence-electron chi connectivity index (χ1n) is 8.93. The molecule has 1 heterocycles. The number of aryl methyl sites for hydroxylation is 1. The van der Waals surface area contributed by atoms with Crippen molar-refractivity contribution in [2.24, 2.45) is 0 Å². The number of nitrogens with zero attached hydrogens (tertiary/aromatic N) is 2. The second-order valence-corrected chi connectivity index (χ2v) is 6.46. The molecule has 0 spiro atoms. The summed E-state index contributed by atoms with van der Waals surface area (Å²) in [5.74, 6) is 0.838. The molecule has 1 aliphatic heterocycles. The van der Waals surface area contributed by atoms with Crippen LogP contribution in [0.1, 0.15) is 28.4 Å². The highest BCUT2D eigenvalue weighted by atomic mass is 16.5. The molecule has 2 aromatic carbocycles. The lowest BCUT2D eigenvalue weighted by Crippen LogP contribution is -2.49. The van der Waals surface area contributed by atoms with Crippen molar-refractivity contribution in [1.82, 2.24) is 4.90 Å². The van der Waals surface area contributed by atoms with Crippen molar-refractivity contribution in [2.45, 2.75) is 20.8 Å². The van der Waals surface area contributed by atoms with Crippen LogP contribution in [0.15, 0.2) is 42.5 Å². The van der Waals surface area contributed by atoms with Gasteiger partial charge in [0.15, 0.2) is 0 Å². The van der Waals surface area contributed by atoms with E-state index < -0.39 is 0 Å². The molecule has 4 nitrogen and oxygen atoms in total. The summed E-state index contributed by atoms with van der Waals surface area (Å²) < 4.78 is 5.50. The van der Waals surface area contributed by atoms with Crippen LogP contribution < -0.4 is 9.64 Å². The summed E-state index contributed by atoms with van der Waals surface area (Å²) in [5, 5.41) is 0. The van der Waals surface area contributed by atoms with E-state index in [2.05, 4.69) is 36.9 Å². The zero-order valence-corrected chi connectivity index (χ0v) is 15.3. The molecule has 0 aromatic heterocycles. The van der Waals surface area contributed by atoms with Gasteiger partial charge in [0.05, 0.1) is 6.61 Å². The highest BCUT2D eigenvalue weighted by Gasteiger charge is 2.23. The quantitative estimate of drug-likeness (QED) is 0.853. The summed E-state index contributed by atoms with van der Waals surface area (Å²) in [6.45, 7) is 10.1. The number of piperazine rings is 1. The van der Waals surface area contributed by atoms with E-state index in [4.69, 9.17) is 4.74 Å². The van der Waals surface area contributed by atoms with Crippen molar-refractivity contribution in [3.8, 4) is 5.75 Å². The highest BCUT2D eigenvalue weighted by Crippen LogP contribution is 2.24. The van der Waals surface area contributed by atoms with Crippen molar-refractivity contribution < 1.29 is 9.53 Å². The van der Waals surface area contributed by atoms with E-state index in [0.717, 1.165) is 31.9 Å². The molecule has 0 aliphatic carbocycles. The van der Waals surface area contributed by atoms with Crippen LogP contribution >= 0.6 is 0 Å². The van der Waals surface area contributed by atoms with Crippen LogP contribution in [0.2, 0.25) is 0 Å². The highest BCUT2D eigenvalue weighted by molar-refractivity contribution is 5.94. The molecule has 1 aliphatic rings. The second-order valence-electron chi connectivity index (χ2n) is 6.46. The van der Waals surface area contributed by atoms with Gasteiger partial charge in [0.25, 0.3) is 5.91 Å². The fraction of sp³-hybridized carbons (Fsp3) is 0.381. The molecule has 3 rings (SSSR count). The van der Waals surface area contributed by atoms with E-state index >= 15 is 0 Å². The molecule has 4 heteroatoms. The maximum absolute atomic E-state index is 12.8. The van der Waals surface area contributed by atoms with Crippen molar-refractivity contribution in [2.75, 3.05) is 37.7 Å². The van der Waals surface area contributed by atoms with E-state index in [1.54, 1.807) is 0 Å². The number of anilines is 1. The van der Waals surface area contributed by atoms with Crippen LogP contribution in [0, 0.1) is 13.8 Å². The number of carbonyl (C=O) groups excluding carboxylic acids is 1. The molecule has 0 bridgehead atoms. The van der Waals surface area contributed by atoms with Gasteiger partial charge in [-0.15, -0.1) is 0 Å². The lowest BCUT2D eigenvalue weighted by molar-refractivity contribution is 0.0746. The van der Waals surface area contributed by atoms with Crippen molar-refractivity contribution in [3.05, 3.63) is 59.2 Å². The predicted octanol–water partition coefficient (Wildman–Crippen LogP) is 3.66. The third-order valence-electron chi connectivity index (χ3n) is 4.88. The van der Waals surface area contributed by atoms with E-state index in [1.165, 1.54) is 16.8 Å². The van der Waals surface area contributed by atoms with Gasteiger partial charge in [-0.3, -0.25) is 4.79 Å². The van der Waals surface area contributed by atoms with Gasteiger partial charge in [0.1, 0.15) is 5.75 Å². The van der Waals surface area contributed by atoms with Crippen molar-refractivity contribution >= 4 is 11.6 Å². The van der Waals surface area contributed by atoms with Gasteiger partial charge >= 0.3 is 0 Å². The Morgan fingerprint density at radius 2 is 1.76 bits per heavy atom. The Balaban J connectivity index is 1.66. The van der Waals surface area contributed by atoms with Gasteiger partial charge in [-0.25, -0.2) is 0 Å². The Bertz CT molecular complexity index is 749. The van der Waals surface area contributed by atoms with E-state index in [1.807, 2.05) is 36.1 Å². The fourth-order valence-electron chi connectivity index (χ4n) is 3.30. The monoisotopic (exact) mass is 338 g/mol. The van der Waals surface area contributed by atoms with Crippen LogP contribution in [0.5, 0.6) is 5.75 Å². The summed E-state index contributed by atoms with van der Waals surface area (Å²) >= 11 is 0. The van der Waals surface area contributed by atoms with Crippen LogP contribution in [-0.4, -0.2) is 43.6 Å². The number of ether oxygens (including phenoxy) is 1. The van der Waals surface area contributed by atoms with Crippen LogP contribution in [0.4, 0.5) is 5.69 Å². The zero-order valence-electron chi connectivity index (χ0n) is 15.3. The van der Waals surface area contributed by atoms with Gasteiger partial charge in [-0.05, 0) is 56.2 Å². The lowest BCUT2D eigenvalue weighted by Gasteiger charge is -2.37. The van der Waals surface area contributed by atoms with Gasteiger partial charge in [0, 0.05) is 37.4 Å². The minimum absolute atomic E-state index is 0.0853. The number of carbonyl (C=O) groups is 1. The lowest BCUT2D eigenvalue weighted by atomic mass is 10.1. The van der Waals surface area contributed by atoms with Gasteiger partial charge in [0.2, 0.25) is 0 Å². The summed E-state index contributed by atoms with van der Waals surface area (Å²) in [5.41, 5.74) is 4.62. The van der Waals surface area contributed by atoms with Gasteiger partial charge < -0.3 is 14.5 Å². The van der Waals surface area contributed by atoms with Crippen LogP contribution in [0.25, 0.3) is 0 Å². The number of hydrogen-bond donors (Lipinski definition) is 0. The molecule has 1 fully saturated rings. The van der Waals surface area contributed by atoms with E-state index in [0.29, 0.717) is 12.2 Å². The van der Waals surface area contributed by atoms with Crippen molar-refractivity contribution in [3.63, 3.8) is 0 Å². The number of rotatable bonds is 4. The number of hydrogen-bond acceptors (Lipinski definition) is 3. The SMILES string of the molecule is CCOc1cccc(C(=O)N2CCN(c3cccc(C)c3C)CC2)c1. The summed E-state index contributed by atoms with van der Waals surface area (Å²) in [6, 6.07) is 13.9. The molecule has 25 heavy (non-hydrogen) atoms. The Labute approximate surface area is 150 Å². The minimum Gasteiger partial charge on any atom is -0.494 e. The standard InChI is InChI=1S/C21H26N2O2/c1-4-25-19-9-6-8-18(15-19)21(24)23-13-11-22(12-14-23)20-10-5-7-16(2)17(20)3/h5-10,15H,4,11-14H2,1-3H3. The van der Waals surface area contributed by atoms with E-state index in [9.17, 15) is 4.79 Å². The Morgan fingerprint density at radius 1 is 1.04 bits per heavy atom. The topological polar surface area (TPSA) is 32.8 Å². The zero-order chi connectivity index (χ0) is 17.8. The normalized spacial score (nSPS) is 14.5. The first-order valence-corrected chi connectivity index (χ1v) is 8.93. The second kappa shape index (κ2) is 7.60. The molecular weight excluding hydrogens is 312 g/mol. The largest absolute Gasteiger partial charge is 0.494 e. The molecule has 132 valence electrons. The third kappa shape index (κ3) is 3.78. The third-order valence-corrected chi connectivity index (χ3v) is 4.88. The van der Waals surface area contributed by atoms with Gasteiger partial charge in [-0.2, -0.15) is 0 Å². The molecule has 1 saturated heterocycles. The maximum Gasteiger partial charge on any atom is 0.254 e. The summed E-state index contributed by atoms with van der Waals surface area (Å²) in [7, 11) is 0. The molecule has 0 radical (unpaired) electrons. The molecule has 2 aromatic rings.